The molecule has 1 aromatic heterocycles. The van der Waals surface area contributed by atoms with Gasteiger partial charge >= 0.3 is 0 Å². The molecular formula is C14H24N4OS. The quantitative estimate of drug-likeness (QED) is 0.789. The number of anilines is 1. The van der Waals surface area contributed by atoms with E-state index < -0.39 is 0 Å². The number of piperidine rings is 1. The highest BCUT2D eigenvalue weighted by Gasteiger charge is 2.17. The molecule has 6 heteroatoms. The second-order valence-corrected chi connectivity index (χ2v) is 6.01. The van der Waals surface area contributed by atoms with Crippen molar-refractivity contribution < 1.29 is 4.79 Å². The summed E-state index contributed by atoms with van der Waals surface area (Å²) in [6.07, 6.45) is 5.01. The number of nitrogens with zero attached hydrogens (tertiary/aromatic N) is 2. The Morgan fingerprint density at radius 2 is 2.10 bits per heavy atom. The van der Waals surface area contributed by atoms with Crippen molar-refractivity contribution >= 4 is 22.4 Å². The molecule has 1 saturated heterocycles. The van der Waals surface area contributed by atoms with Gasteiger partial charge in [-0.2, -0.15) is 4.37 Å². The standard InChI is InChI=1S/C14H24N4OS/c1-11-12(14(15-2)20-17-11)13(19)16-7-6-10-18-8-4-3-5-9-18/h15H,3-10H2,1-2H3,(H,16,19). The van der Waals surface area contributed by atoms with Gasteiger partial charge in [-0.3, -0.25) is 4.79 Å². The summed E-state index contributed by atoms with van der Waals surface area (Å²) in [6.45, 7) is 6.12. The molecule has 1 aromatic rings. The number of hydrogen-bond donors (Lipinski definition) is 2. The fourth-order valence-corrected chi connectivity index (χ4v) is 3.33. The van der Waals surface area contributed by atoms with Crippen molar-refractivity contribution in [3.63, 3.8) is 0 Å². The number of carbonyl (C=O) groups is 1. The van der Waals surface area contributed by atoms with Crippen LogP contribution >= 0.6 is 11.5 Å². The number of carbonyl (C=O) groups excluding carboxylic acids is 1. The summed E-state index contributed by atoms with van der Waals surface area (Å²) in [4.78, 5) is 14.7. The lowest BCUT2D eigenvalue weighted by Gasteiger charge is -2.26. The van der Waals surface area contributed by atoms with E-state index in [1.165, 1.54) is 43.9 Å². The maximum atomic E-state index is 12.2. The van der Waals surface area contributed by atoms with Gasteiger partial charge < -0.3 is 15.5 Å². The molecule has 2 N–H and O–H groups in total. The van der Waals surface area contributed by atoms with Crippen LogP contribution in [0.5, 0.6) is 0 Å². The van der Waals surface area contributed by atoms with Gasteiger partial charge in [0.25, 0.3) is 5.91 Å². The van der Waals surface area contributed by atoms with E-state index in [4.69, 9.17) is 0 Å². The second-order valence-electron chi connectivity index (χ2n) is 5.23. The maximum Gasteiger partial charge on any atom is 0.256 e. The number of likely N-dealkylation sites (tertiary alicyclic amines) is 1. The largest absolute Gasteiger partial charge is 0.378 e. The molecule has 112 valence electrons. The van der Waals surface area contributed by atoms with Crippen LogP contribution in [0.25, 0.3) is 0 Å². The number of amides is 1. The van der Waals surface area contributed by atoms with E-state index in [0.717, 1.165) is 30.2 Å². The molecule has 2 heterocycles. The summed E-state index contributed by atoms with van der Waals surface area (Å²) in [5, 5.41) is 6.87. The number of hydrogen-bond acceptors (Lipinski definition) is 5. The predicted octanol–water partition coefficient (Wildman–Crippen LogP) is 2.10. The summed E-state index contributed by atoms with van der Waals surface area (Å²) in [7, 11) is 1.82. The van der Waals surface area contributed by atoms with Crippen molar-refractivity contribution in [2.75, 3.05) is 38.5 Å². The van der Waals surface area contributed by atoms with E-state index in [1.807, 2.05) is 14.0 Å². The van der Waals surface area contributed by atoms with Gasteiger partial charge in [-0.1, -0.05) is 6.42 Å². The SMILES string of the molecule is CNc1snc(C)c1C(=O)NCCCN1CCCCC1. The molecule has 1 fully saturated rings. The van der Waals surface area contributed by atoms with Gasteiger partial charge in [0.15, 0.2) is 0 Å². The average Bonchev–Trinajstić information content (AvgIpc) is 2.85. The Kier molecular flexibility index (Phi) is 5.79. The van der Waals surface area contributed by atoms with Crippen LogP contribution in [0.1, 0.15) is 41.7 Å². The average molecular weight is 296 g/mol. The number of rotatable bonds is 6. The molecule has 0 bridgehead atoms. The van der Waals surface area contributed by atoms with Crippen molar-refractivity contribution in [2.45, 2.75) is 32.6 Å². The zero-order valence-corrected chi connectivity index (χ0v) is 13.2. The molecule has 1 amide bonds. The maximum absolute atomic E-state index is 12.2. The third-order valence-electron chi connectivity index (χ3n) is 3.70. The van der Waals surface area contributed by atoms with Crippen molar-refractivity contribution in [1.29, 1.82) is 0 Å². The molecule has 1 aliphatic heterocycles. The zero-order chi connectivity index (χ0) is 14.4. The molecule has 1 aliphatic rings. The Labute approximate surface area is 124 Å². The molecule has 0 saturated carbocycles. The van der Waals surface area contributed by atoms with Crippen molar-refractivity contribution in [3.8, 4) is 0 Å². The summed E-state index contributed by atoms with van der Waals surface area (Å²) in [5.41, 5.74) is 1.49. The van der Waals surface area contributed by atoms with Crippen molar-refractivity contribution in [3.05, 3.63) is 11.3 Å². The molecule has 0 aliphatic carbocycles. The van der Waals surface area contributed by atoms with Gasteiger partial charge in [-0.25, -0.2) is 0 Å². The first-order valence-electron chi connectivity index (χ1n) is 7.37. The minimum atomic E-state index is -0.0146. The van der Waals surface area contributed by atoms with E-state index in [2.05, 4.69) is 19.9 Å². The molecule has 5 nitrogen and oxygen atoms in total. The number of aromatic nitrogens is 1. The Hall–Kier alpha value is -1.14. The van der Waals surface area contributed by atoms with Crippen LogP contribution in [0.3, 0.4) is 0 Å². The van der Waals surface area contributed by atoms with Crippen LogP contribution < -0.4 is 10.6 Å². The molecule has 0 radical (unpaired) electrons. The summed E-state index contributed by atoms with van der Waals surface area (Å²) < 4.78 is 4.22. The highest BCUT2D eigenvalue weighted by Crippen LogP contribution is 2.23. The van der Waals surface area contributed by atoms with E-state index in [1.54, 1.807) is 0 Å². The lowest BCUT2D eigenvalue weighted by molar-refractivity contribution is 0.0951. The highest BCUT2D eigenvalue weighted by atomic mass is 32.1. The molecule has 0 spiro atoms. The zero-order valence-electron chi connectivity index (χ0n) is 12.4. The third-order valence-corrected chi connectivity index (χ3v) is 4.66. The first-order chi connectivity index (χ1) is 9.72. The van der Waals surface area contributed by atoms with Crippen LogP contribution in [0.4, 0.5) is 5.00 Å². The predicted molar refractivity (Wildman–Crippen MR) is 83.6 cm³/mol. The number of aryl methyl sites for hydroxylation is 1. The smallest absolute Gasteiger partial charge is 0.256 e. The van der Waals surface area contributed by atoms with Crippen molar-refractivity contribution in [1.82, 2.24) is 14.6 Å². The second kappa shape index (κ2) is 7.59. The molecule has 0 atom stereocenters. The van der Waals surface area contributed by atoms with Gasteiger partial charge in [0.05, 0.1) is 11.3 Å². The fraction of sp³-hybridized carbons (Fsp3) is 0.714. The summed E-state index contributed by atoms with van der Waals surface area (Å²) in [5.74, 6) is -0.0146. The van der Waals surface area contributed by atoms with Gasteiger partial charge in [-0.05, 0) is 57.4 Å². The normalized spacial score (nSPS) is 16.1. The fourth-order valence-electron chi connectivity index (χ4n) is 2.58. The number of nitrogens with one attached hydrogen (secondary N) is 2. The van der Waals surface area contributed by atoms with E-state index >= 15 is 0 Å². The molecule has 0 aromatic carbocycles. The lowest BCUT2D eigenvalue weighted by Crippen LogP contribution is -2.33. The molecule has 20 heavy (non-hydrogen) atoms. The first kappa shape index (κ1) is 15.3. The highest BCUT2D eigenvalue weighted by molar-refractivity contribution is 7.10. The van der Waals surface area contributed by atoms with Gasteiger partial charge in [0.2, 0.25) is 0 Å². The van der Waals surface area contributed by atoms with Crippen LogP contribution in [0.2, 0.25) is 0 Å². The molecular weight excluding hydrogens is 272 g/mol. The van der Waals surface area contributed by atoms with Crippen molar-refractivity contribution in [2.24, 2.45) is 0 Å². The molecule has 0 unspecified atom stereocenters. The van der Waals surface area contributed by atoms with Crippen LogP contribution in [-0.4, -0.2) is 48.4 Å². The molecule has 2 rings (SSSR count). The summed E-state index contributed by atoms with van der Waals surface area (Å²) >= 11 is 1.34. The third kappa shape index (κ3) is 3.93. The Bertz CT molecular complexity index is 440. The monoisotopic (exact) mass is 296 g/mol. The van der Waals surface area contributed by atoms with E-state index in [9.17, 15) is 4.79 Å². The Morgan fingerprint density at radius 3 is 2.80 bits per heavy atom. The summed E-state index contributed by atoms with van der Waals surface area (Å²) in [6, 6.07) is 0. The minimum Gasteiger partial charge on any atom is -0.378 e. The van der Waals surface area contributed by atoms with Crippen LogP contribution in [0.15, 0.2) is 0 Å². The topological polar surface area (TPSA) is 57.3 Å². The Balaban J connectivity index is 1.73. The minimum absolute atomic E-state index is 0.0146. The lowest BCUT2D eigenvalue weighted by atomic mass is 10.1. The van der Waals surface area contributed by atoms with Crippen LogP contribution in [-0.2, 0) is 0 Å². The van der Waals surface area contributed by atoms with Gasteiger partial charge in [-0.15, -0.1) is 0 Å². The van der Waals surface area contributed by atoms with Gasteiger partial charge in [0, 0.05) is 13.6 Å². The Morgan fingerprint density at radius 1 is 1.35 bits per heavy atom. The van der Waals surface area contributed by atoms with E-state index in [0.29, 0.717) is 5.56 Å². The van der Waals surface area contributed by atoms with Crippen LogP contribution in [0, 0.1) is 6.92 Å². The van der Waals surface area contributed by atoms with Gasteiger partial charge in [0.1, 0.15) is 5.00 Å². The van der Waals surface area contributed by atoms with E-state index in [-0.39, 0.29) is 5.91 Å². The first-order valence-corrected chi connectivity index (χ1v) is 8.14.